The molecule has 0 spiro atoms. The average Bonchev–Trinajstić information content (AvgIpc) is 2.39. The van der Waals surface area contributed by atoms with Crippen molar-refractivity contribution in [2.45, 2.75) is 12.8 Å². The fourth-order valence-electron chi connectivity index (χ4n) is 2.01. The number of hydrogen-bond acceptors (Lipinski definition) is 4. The molecular formula is C11H17ClN4O. The van der Waals surface area contributed by atoms with E-state index in [4.69, 9.17) is 5.73 Å². The number of rotatable bonds is 2. The van der Waals surface area contributed by atoms with Gasteiger partial charge in [0.25, 0.3) is 5.91 Å². The Balaban J connectivity index is 0.00000144. The van der Waals surface area contributed by atoms with Crippen LogP contribution in [0.15, 0.2) is 18.6 Å². The van der Waals surface area contributed by atoms with Gasteiger partial charge in [0.1, 0.15) is 5.69 Å². The Morgan fingerprint density at radius 1 is 1.53 bits per heavy atom. The number of aromatic nitrogens is 2. The zero-order valence-electron chi connectivity index (χ0n) is 9.58. The third-order valence-electron chi connectivity index (χ3n) is 2.92. The first-order valence-electron chi connectivity index (χ1n) is 5.56. The van der Waals surface area contributed by atoms with Gasteiger partial charge >= 0.3 is 0 Å². The lowest BCUT2D eigenvalue weighted by atomic mass is 9.98. The van der Waals surface area contributed by atoms with Crippen LogP contribution in [0, 0.1) is 5.92 Å². The molecule has 1 saturated heterocycles. The Labute approximate surface area is 107 Å². The van der Waals surface area contributed by atoms with E-state index >= 15 is 0 Å². The molecule has 1 fully saturated rings. The Morgan fingerprint density at radius 2 is 2.35 bits per heavy atom. The molecule has 2 rings (SSSR count). The number of likely N-dealkylation sites (tertiary alicyclic amines) is 1. The van der Waals surface area contributed by atoms with Crippen LogP contribution in [-0.2, 0) is 0 Å². The van der Waals surface area contributed by atoms with E-state index in [1.54, 1.807) is 6.20 Å². The maximum absolute atomic E-state index is 12.0. The van der Waals surface area contributed by atoms with E-state index in [0.29, 0.717) is 18.2 Å². The highest BCUT2D eigenvalue weighted by molar-refractivity contribution is 5.92. The predicted molar refractivity (Wildman–Crippen MR) is 67.0 cm³/mol. The Bertz CT molecular complexity index is 360. The topological polar surface area (TPSA) is 72.1 Å². The van der Waals surface area contributed by atoms with Crippen molar-refractivity contribution < 1.29 is 4.79 Å². The summed E-state index contributed by atoms with van der Waals surface area (Å²) in [6, 6.07) is 0. The molecule has 0 radical (unpaired) electrons. The van der Waals surface area contributed by atoms with Crippen molar-refractivity contribution in [2.24, 2.45) is 11.7 Å². The second kappa shape index (κ2) is 6.51. The molecule has 5 nitrogen and oxygen atoms in total. The van der Waals surface area contributed by atoms with Crippen molar-refractivity contribution in [2.75, 3.05) is 19.6 Å². The van der Waals surface area contributed by atoms with Crippen LogP contribution in [0.2, 0.25) is 0 Å². The predicted octanol–water partition coefficient (Wildman–Crippen LogP) is 0.709. The molecular weight excluding hydrogens is 240 g/mol. The molecule has 0 aliphatic carbocycles. The standard InChI is InChI=1S/C11H16N4O.ClH/c12-6-9-2-1-5-15(8-9)11(16)10-7-13-3-4-14-10;/h3-4,7,9H,1-2,5-6,8,12H2;1H. The van der Waals surface area contributed by atoms with Gasteiger partial charge in [-0.2, -0.15) is 0 Å². The highest BCUT2D eigenvalue weighted by Crippen LogP contribution is 2.16. The monoisotopic (exact) mass is 256 g/mol. The van der Waals surface area contributed by atoms with E-state index in [0.717, 1.165) is 25.9 Å². The van der Waals surface area contributed by atoms with Crippen LogP contribution < -0.4 is 5.73 Å². The molecule has 1 aliphatic rings. The minimum Gasteiger partial charge on any atom is -0.337 e. The summed E-state index contributed by atoms with van der Waals surface area (Å²) in [4.78, 5) is 21.8. The van der Waals surface area contributed by atoms with Crippen LogP contribution in [-0.4, -0.2) is 40.4 Å². The van der Waals surface area contributed by atoms with Gasteiger partial charge in [-0.05, 0) is 25.3 Å². The number of amides is 1. The van der Waals surface area contributed by atoms with E-state index in [2.05, 4.69) is 9.97 Å². The number of nitrogens with two attached hydrogens (primary N) is 1. The van der Waals surface area contributed by atoms with Gasteiger partial charge in [-0.1, -0.05) is 0 Å². The lowest BCUT2D eigenvalue weighted by Gasteiger charge is -2.31. The molecule has 2 N–H and O–H groups in total. The largest absolute Gasteiger partial charge is 0.337 e. The number of nitrogens with zero attached hydrogens (tertiary/aromatic N) is 3. The molecule has 1 aliphatic heterocycles. The molecule has 17 heavy (non-hydrogen) atoms. The molecule has 1 aromatic heterocycles. The first kappa shape index (κ1) is 13.9. The number of piperidine rings is 1. The van der Waals surface area contributed by atoms with Crippen molar-refractivity contribution in [3.05, 3.63) is 24.3 Å². The summed E-state index contributed by atoms with van der Waals surface area (Å²) in [7, 11) is 0. The molecule has 1 atom stereocenters. The van der Waals surface area contributed by atoms with Gasteiger partial charge in [-0.15, -0.1) is 12.4 Å². The van der Waals surface area contributed by atoms with Crippen LogP contribution in [0.5, 0.6) is 0 Å². The minimum atomic E-state index is -0.0359. The van der Waals surface area contributed by atoms with Crippen molar-refractivity contribution >= 4 is 18.3 Å². The van der Waals surface area contributed by atoms with Crippen LogP contribution in [0.1, 0.15) is 23.3 Å². The van der Waals surface area contributed by atoms with Crippen molar-refractivity contribution in [3.63, 3.8) is 0 Å². The second-order valence-corrected chi connectivity index (χ2v) is 4.09. The quantitative estimate of drug-likeness (QED) is 0.846. The third kappa shape index (κ3) is 3.38. The zero-order valence-corrected chi connectivity index (χ0v) is 10.4. The van der Waals surface area contributed by atoms with Gasteiger partial charge in [0.05, 0.1) is 6.20 Å². The molecule has 1 aromatic rings. The maximum Gasteiger partial charge on any atom is 0.274 e. The summed E-state index contributed by atoms with van der Waals surface area (Å²) >= 11 is 0. The number of carbonyl (C=O) groups is 1. The molecule has 1 amide bonds. The van der Waals surface area contributed by atoms with E-state index < -0.39 is 0 Å². The highest BCUT2D eigenvalue weighted by Gasteiger charge is 2.24. The number of halogens is 1. The molecule has 1 unspecified atom stereocenters. The number of carbonyl (C=O) groups excluding carboxylic acids is 1. The van der Waals surface area contributed by atoms with Gasteiger partial charge in [-0.3, -0.25) is 9.78 Å². The minimum absolute atomic E-state index is 0. The van der Waals surface area contributed by atoms with E-state index in [1.165, 1.54) is 12.4 Å². The summed E-state index contributed by atoms with van der Waals surface area (Å²) in [6.45, 7) is 2.18. The third-order valence-corrected chi connectivity index (χ3v) is 2.92. The highest BCUT2D eigenvalue weighted by atomic mass is 35.5. The number of hydrogen-bond donors (Lipinski definition) is 1. The van der Waals surface area contributed by atoms with Crippen LogP contribution in [0.25, 0.3) is 0 Å². The van der Waals surface area contributed by atoms with Gasteiger partial charge in [0, 0.05) is 25.5 Å². The lowest BCUT2D eigenvalue weighted by molar-refractivity contribution is 0.0671. The lowest BCUT2D eigenvalue weighted by Crippen LogP contribution is -2.42. The fourth-order valence-corrected chi connectivity index (χ4v) is 2.01. The molecule has 6 heteroatoms. The van der Waals surface area contributed by atoms with Crippen molar-refractivity contribution in [3.8, 4) is 0 Å². The summed E-state index contributed by atoms with van der Waals surface area (Å²) < 4.78 is 0. The van der Waals surface area contributed by atoms with Crippen LogP contribution in [0.4, 0.5) is 0 Å². The molecule has 2 heterocycles. The second-order valence-electron chi connectivity index (χ2n) is 4.09. The van der Waals surface area contributed by atoms with Crippen LogP contribution >= 0.6 is 12.4 Å². The van der Waals surface area contributed by atoms with Crippen LogP contribution in [0.3, 0.4) is 0 Å². The summed E-state index contributed by atoms with van der Waals surface area (Å²) in [5.41, 5.74) is 6.06. The smallest absolute Gasteiger partial charge is 0.274 e. The summed E-state index contributed by atoms with van der Waals surface area (Å²) in [6.07, 6.45) is 6.75. The zero-order chi connectivity index (χ0) is 11.4. The van der Waals surface area contributed by atoms with E-state index in [-0.39, 0.29) is 18.3 Å². The molecule has 94 valence electrons. The molecule has 0 aromatic carbocycles. The molecule has 0 bridgehead atoms. The summed E-state index contributed by atoms with van der Waals surface area (Å²) in [5, 5.41) is 0. The average molecular weight is 257 g/mol. The Morgan fingerprint density at radius 3 is 3.00 bits per heavy atom. The van der Waals surface area contributed by atoms with E-state index in [1.807, 2.05) is 4.90 Å². The van der Waals surface area contributed by atoms with E-state index in [9.17, 15) is 4.79 Å². The molecule has 0 saturated carbocycles. The van der Waals surface area contributed by atoms with Crippen molar-refractivity contribution in [1.82, 2.24) is 14.9 Å². The van der Waals surface area contributed by atoms with Gasteiger partial charge < -0.3 is 10.6 Å². The van der Waals surface area contributed by atoms with Gasteiger partial charge in [-0.25, -0.2) is 4.98 Å². The SMILES string of the molecule is Cl.NCC1CCCN(C(=O)c2cnccn2)C1. The first-order valence-corrected chi connectivity index (χ1v) is 5.56. The maximum atomic E-state index is 12.0. The Kier molecular flexibility index (Phi) is 5.31. The first-order chi connectivity index (χ1) is 7.81. The van der Waals surface area contributed by atoms with Gasteiger partial charge in [0.2, 0.25) is 0 Å². The van der Waals surface area contributed by atoms with Gasteiger partial charge in [0.15, 0.2) is 0 Å². The normalized spacial score (nSPS) is 19.6. The van der Waals surface area contributed by atoms with Crippen molar-refractivity contribution in [1.29, 1.82) is 0 Å². The Hall–Kier alpha value is -1.20. The summed E-state index contributed by atoms with van der Waals surface area (Å²) in [5.74, 6) is 0.389. The fraction of sp³-hybridized carbons (Fsp3) is 0.545.